The Labute approximate surface area is 155 Å². The lowest BCUT2D eigenvalue weighted by Gasteiger charge is -2.15. The Bertz CT molecular complexity index is 963. The average Bonchev–Trinajstić information content (AvgIpc) is 3.13. The van der Waals surface area contributed by atoms with E-state index in [0.717, 1.165) is 23.9 Å². The van der Waals surface area contributed by atoms with Gasteiger partial charge in [-0.05, 0) is 35.4 Å². The smallest absolute Gasteiger partial charge is 0.323 e. The first-order valence-electron chi connectivity index (χ1n) is 8.13. The zero-order valence-corrected chi connectivity index (χ0v) is 15.0. The molecule has 0 bridgehead atoms. The summed E-state index contributed by atoms with van der Waals surface area (Å²) in [6.45, 7) is 1.01. The summed E-state index contributed by atoms with van der Waals surface area (Å²) in [4.78, 5) is 27.2. The van der Waals surface area contributed by atoms with Crippen molar-refractivity contribution in [1.29, 1.82) is 0 Å². The molecule has 1 atom stereocenters. The second kappa shape index (κ2) is 7.82. The fourth-order valence-corrected chi connectivity index (χ4v) is 3.83. The lowest BCUT2D eigenvalue weighted by molar-refractivity contribution is -0.138. The van der Waals surface area contributed by atoms with Gasteiger partial charge in [-0.2, -0.15) is 4.72 Å². The molecular formula is C17H18N4O5S. The van der Waals surface area contributed by atoms with Crippen LogP contribution in [0.4, 0.5) is 0 Å². The van der Waals surface area contributed by atoms with Crippen molar-refractivity contribution in [2.24, 2.45) is 0 Å². The number of pyridine rings is 1. The van der Waals surface area contributed by atoms with E-state index < -0.39 is 34.5 Å². The van der Waals surface area contributed by atoms with E-state index in [9.17, 15) is 23.1 Å². The quantitative estimate of drug-likeness (QED) is 0.516. The van der Waals surface area contributed by atoms with Gasteiger partial charge in [-0.15, -0.1) is 0 Å². The van der Waals surface area contributed by atoms with Gasteiger partial charge in [0.05, 0.1) is 0 Å². The Morgan fingerprint density at radius 3 is 2.70 bits per heavy atom. The molecule has 1 aliphatic heterocycles. The first kappa shape index (κ1) is 19.0. The third-order valence-corrected chi connectivity index (χ3v) is 5.56. The van der Waals surface area contributed by atoms with Gasteiger partial charge in [0.2, 0.25) is 10.0 Å². The number of benzene rings is 1. The number of carbonyl (C=O) groups is 2. The average molecular weight is 390 g/mol. The molecule has 142 valence electrons. The number of carbonyl (C=O) groups excluding carboxylic acids is 1. The molecule has 0 unspecified atom stereocenters. The Morgan fingerprint density at radius 2 is 2.00 bits per heavy atom. The Kier molecular flexibility index (Phi) is 5.49. The predicted molar refractivity (Wildman–Crippen MR) is 95.3 cm³/mol. The van der Waals surface area contributed by atoms with Crippen molar-refractivity contribution in [3.8, 4) is 0 Å². The van der Waals surface area contributed by atoms with Crippen molar-refractivity contribution in [3.05, 3.63) is 59.4 Å². The van der Waals surface area contributed by atoms with Crippen LogP contribution in [0.2, 0.25) is 0 Å². The summed E-state index contributed by atoms with van der Waals surface area (Å²) in [6, 6.07) is 6.43. The second-order valence-electron chi connectivity index (χ2n) is 6.00. The van der Waals surface area contributed by atoms with Crippen molar-refractivity contribution in [2.75, 3.05) is 6.54 Å². The number of nitrogens with one attached hydrogen (secondary N) is 3. The summed E-state index contributed by atoms with van der Waals surface area (Å²) in [5, 5.41) is 14.9. The number of rotatable bonds is 7. The standard InChI is InChI=1S/C17H18N4O5S/c22-16(11-3-4-12-7-19-8-13(12)6-11)20-10-15(17(23)24)21-27(25,26)14-2-1-5-18-9-14/h1-6,9,15,19,21H,7-8,10H2,(H,20,22)(H,23,24)/t15-/m0/s1. The van der Waals surface area contributed by atoms with E-state index in [1.165, 1.54) is 18.3 Å². The number of carboxylic acids is 1. The Balaban J connectivity index is 1.66. The van der Waals surface area contributed by atoms with Crippen molar-refractivity contribution in [1.82, 2.24) is 20.3 Å². The van der Waals surface area contributed by atoms with E-state index in [4.69, 9.17) is 0 Å². The normalized spacial score (nSPS) is 14.4. The van der Waals surface area contributed by atoms with Crippen molar-refractivity contribution < 1.29 is 23.1 Å². The Hall–Kier alpha value is -2.82. The van der Waals surface area contributed by atoms with Crippen LogP contribution in [0.1, 0.15) is 21.5 Å². The molecule has 0 aliphatic carbocycles. The molecule has 1 aromatic heterocycles. The highest BCUT2D eigenvalue weighted by Gasteiger charge is 2.26. The van der Waals surface area contributed by atoms with Crippen molar-refractivity contribution in [2.45, 2.75) is 24.0 Å². The molecule has 1 amide bonds. The maximum Gasteiger partial charge on any atom is 0.323 e. The monoisotopic (exact) mass is 390 g/mol. The van der Waals surface area contributed by atoms with Crippen molar-refractivity contribution in [3.63, 3.8) is 0 Å². The zero-order valence-electron chi connectivity index (χ0n) is 14.2. The lowest BCUT2D eigenvalue weighted by atomic mass is 10.1. The molecule has 2 heterocycles. The molecule has 0 spiro atoms. The minimum Gasteiger partial charge on any atom is -0.480 e. The molecule has 1 aromatic carbocycles. The Morgan fingerprint density at radius 1 is 1.22 bits per heavy atom. The summed E-state index contributed by atoms with van der Waals surface area (Å²) in [5.41, 5.74) is 2.51. The maximum atomic E-state index is 12.3. The number of nitrogens with zero attached hydrogens (tertiary/aromatic N) is 1. The number of aliphatic carboxylic acids is 1. The van der Waals surface area contributed by atoms with E-state index >= 15 is 0 Å². The largest absolute Gasteiger partial charge is 0.480 e. The number of aromatic nitrogens is 1. The molecule has 4 N–H and O–H groups in total. The highest BCUT2D eigenvalue weighted by atomic mass is 32.2. The van der Waals surface area contributed by atoms with Crippen LogP contribution in [0.25, 0.3) is 0 Å². The van der Waals surface area contributed by atoms with Gasteiger partial charge in [0.1, 0.15) is 10.9 Å². The van der Waals surface area contributed by atoms with E-state index in [-0.39, 0.29) is 4.90 Å². The van der Waals surface area contributed by atoms with Gasteiger partial charge in [0.15, 0.2) is 0 Å². The van der Waals surface area contributed by atoms with Crippen molar-refractivity contribution >= 4 is 21.9 Å². The van der Waals surface area contributed by atoms with E-state index in [2.05, 4.69) is 20.3 Å². The number of hydrogen-bond acceptors (Lipinski definition) is 6. The topological polar surface area (TPSA) is 137 Å². The number of sulfonamides is 1. The van der Waals surface area contributed by atoms with Gasteiger partial charge in [-0.3, -0.25) is 14.6 Å². The molecule has 27 heavy (non-hydrogen) atoms. The van der Waals surface area contributed by atoms with E-state index in [1.54, 1.807) is 12.1 Å². The zero-order chi connectivity index (χ0) is 19.4. The fourth-order valence-electron chi connectivity index (χ4n) is 2.67. The fraction of sp³-hybridized carbons (Fsp3) is 0.235. The molecule has 0 saturated heterocycles. The minimum absolute atomic E-state index is 0.159. The molecule has 2 aromatic rings. The van der Waals surface area contributed by atoms with Crippen LogP contribution >= 0.6 is 0 Å². The van der Waals surface area contributed by atoms with Crippen LogP contribution in [0.5, 0.6) is 0 Å². The highest BCUT2D eigenvalue weighted by Crippen LogP contribution is 2.17. The molecular weight excluding hydrogens is 372 g/mol. The van der Waals surface area contributed by atoms with Gasteiger partial charge in [-0.25, -0.2) is 8.42 Å². The number of carboxylic acid groups (broad SMARTS) is 1. The third-order valence-electron chi connectivity index (χ3n) is 4.11. The molecule has 0 radical (unpaired) electrons. The lowest BCUT2D eigenvalue weighted by Crippen LogP contribution is -2.48. The molecule has 9 nitrogen and oxygen atoms in total. The van der Waals surface area contributed by atoms with Gasteiger partial charge < -0.3 is 15.7 Å². The van der Waals surface area contributed by atoms with Gasteiger partial charge in [0.25, 0.3) is 5.91 Å². The first-order chi connectivity index (χ1) is 12.9. The van der Waals surface area contributed by atoms with Gasteiger partial charge in [0, 0.05) is 37.6 Å². The molecule has 10 heteroatoms. The predicted octanol–water partition coefficient (Wildman–Crippen LogP) is -0.154. The third kappa shape index (κ3) is 4.48. The first-order valence-corrected chi connectivity index (χ1v) is 9.61. The van der Waals surface area contributed by atoms with Crippen LogP contribution in [0.3, 0.4) is 0 Å². The maximum absolute atomic E-state index is 12.3. The van der Waals surface area contributed by atoms with E-state index in [1.807, 2.05) is 6.07 Å². The van der Waals surface area contributed by atoms with Crippen LogP contribution < -0.4 is 15.4 Å². The van der Waals surface area contributed by atoms with E-state index in [0.29, 0.717) is 12.1 Å². The molecule has 1 aliphatic rings. The van der Waals surface area contributed by atoms with Crippen LogP contribution in [0.15, 0.2) is 47.6 Å². The van der Waals surface area contributed by atoms with Crippen LogP contribution in [-0.4, -0.2) is 43.0 Å². The molecule has 3 rings (SSSR count). The summed E-state index contributed by atoms with van der Waals surface area (Å²) in [7, 11) is -4.08. The molecule has 0 fully saturated rings. The number of amides is 1. The van der Waals surface area contributed by atoms with Gasteiger partial charge >= 0.3 is 5.97 Å². The summed E-state index contributed by atoms with van der Waals surface area (Å²) in [6.07, 6.45) is 2.51. The molecule has 0 saturated carbocycles. The summed E-state index contributed by atoms with van der Waals surface area (Å²) in [5.74, 6) is -1.88. The highest BCUT2D eigenvalue weighted by molar-refractivity contribution is 7.89. The van der Waals surface area contributed by atoms with Gasteiger partial charge in [-0.1, -0.05) is 6.07 Å². The summed E-state index contributed by atoms with van der Waals surface area (Å²) < 4.78 is 26.6. The SMILES string of the molecule is O=C(NC[C@H](NS(=O)(=O)c1cccnc1)C(=O)O)c1ccc2c(c1)CNC2. The van der Waals surface area contributed by atoms with Crippen LogP contribution in [0, 0.1) is 0 Å². The summed E-state index contributed by atoms with van der Waals surface area (Å²) >= 11 is 0. The number of hydrogen-bond donors (Lipinski definition) is 4. The van der Waals surface area contributed by atoms with Crippen LogP contribution in [-0.2, 0) is 27.9 Å². The second-order valence-corrected chi connectivity index (χ2v) is 7.71. The minimum atomic E-state index is -4.08. The number of fused-ring (bicyclic) bond motifs is 1.